The molecular formula is C19H13F4IN4O2. The van der Waals surface area contributed by atoms with E-state index in [9.17, 15) is 27.2 Å². The van der Waals surface area contributed by atoms with E-state index in [-0.39, 0.29) is 16.9 Å². The molecule has 0 atom stereocenters. The number of anilines is 2. The molecule has 0 saturated heterocycles. The predicted octanol–water partition coefficient (Wildman–Crippen LogP) is 4.63. The molecule has 0 unspecified atom stereocenters. The minimum Gasteiger partial charge on any atom is -0.328 e. The van der Waals surface area contributed by atoms with Crippen molar-refractivity contribution in [1.82, 2.24) is 9.97 Å². The fourth-order valence-electron chi connectivity index (χ4n) is 2.75. The van der Waals surface area contributed by atoms with Crippen LogP contribution in [0.5, 0.6) is 0 Å². The SMILES string of the molecule is CN(I)c1cc(F)c(-c2ccncc2)cc1NC(=O)c1c[nH]c(=O)cc1C(F)(F)F. The van der Waals surface area contributed by atoms with Gasteiger partial charge in [0.2, 0.25) is 5.56 Å². The van der Waals surface area contributed by atoms with Crippen molar-refractivity contribution in [3.8, 4) is 11.1 Å². The summed E-state index contributed by atoms with van der Waals surface area (Å²) in [6, 6.07) is 5.91. The largest absolute Gasteiger partial charge is 0.417 e. The Kier molecular flexibility index (Phi) is 6.10. The number of pyridine rings is 2. The zero-order valence-electron chi connectivity index (χ0n) is 15.2. The van der Waals surface area contributed by atoms with Gasteiger partial charge in [0.05, 0.1) is 45.4 Å². The van der Waals surface area contributed by atoms with Crippen molar-refractivity contribution >= 4 is 40.1 Å². The van der Waals surface area contributed by atoms with Gasteiger partial charge in [0, 0.05) is 43.3 Å². The van der Waals surface area contributed by atoms with Crippen molar-refractivity contribution in [2.45, 2.75) is 6.18 Å². The van der Waals surface area contributed by atoms with E-state index in [1.54, 1.807) is 19.2 Å². The molecule has 0 aliphatic carbocycles. The molecule has 1 amide bonds. The molecule has 3 rings (SSSR count). The van der Waals surface area contributed by atoms with Crippen molar-refractivity contribution in [1.29, 1.82) is 0 Å². The molecule has 11 heteroatoms. The molecule has 156 valence electrons. The summed E-state index contributed by atoms with van der Waals surface area (Å²) in [5.74, 6) is -1.69. The monoisotopic (exact) mass is 532 g/mol. The fraction of sp³-hybridized carbons (Fsp3) is 0.105. The summed E-state index contributed by atoms with van der Waals surface area (Å²) in [5.41, 5.74) is -2.20. The van der Waals surface area contributed by atoms with E-state index in [0.29, 0.717) is 17.8 Å². The standard InChI is InChI=1S/C19H13F4IN4O2/c1-28(24)16-8-14(20)11(10-2-4-25-5-3-10)6-15(16)27-18(30)12-9-26-17(29)7-13(12)19(21,22)23/h2-9H,1H3,(H,26,29)(H,27,30). The first-order chi connectivity index (χ1) is 14.1. The quantitative estimate of drug-likeness (QED) is 0.292. The van der Waals surface area contributed by atoms with Crippen LogP contribution >= 0.6 is 22.9 Å². The zero-order chi connectivity index (χ0) is 22.1. The molecule has 0 aliphatic heterocycles. The van der Waals surface area contributed by atoms with Gasteiger partial charge in [-0.3, -0.25) is 14.6 Å². The minimum absolute atomic E-state index is 0.0874. The normalized spacial score (nSPS) is 11.3. The van der Waals surface area contributed by atoms with E-state index in [4.69, 9.17) is 0 Å². The van der Waals surface area contributed by atoms with Gasteiger partial charge < -0.3 is 13.4 Å². The lowest BCUT2D eigenvalue weighted by atomic mass is 10.0. The third kappa shape index (κ3) is 4.61. The molecule has 2 N–H and O–H groups in total. The molecular weight excluding hydrogens is 519 g/mol. The number of nitrogens with one attached hydrogen (secondary N) is 2. The Morgan fingerprint density at radius 3 is 2.47 bits per heavy atom. The average molecular weight is 532 g/mol. The summed E-state index contributed by atoms with van der Waals surface area (Å²) in [5, 5.41) is 2.39. The van der Waals surface area contributed by atoms with Crippen molar-refractivity contribution < 1.29 is 22.4 Å². The van der Waals surface area contributed by atoms with Gasteiger partial charge in [0.1, 0.15) is 5.82 Å². The lowest BCUT2D eigenvalue weighted by molar-refractivity contribution is -0.138. The number of aromatic nitrogens is 2. The van der Waals surface area contributed by atoms with Crippen LogP contribution in [0.3, 0.4) is 0 Å². The zero-order valence-corrected chi connectivity index (χ0v) is 17.4. The molecule has 0 bridgehead atoms. The number of aromatic amines is 1. The highest BCUT2D eigenvalue weighted by Gasteiger charge is 2.36. The number of carbonyl (C=O) groups is 1. The van der Waals surface area contributed by atoms with Crippen LogP contribution in [0, 0.1) is 5.82 Å². The van der Waals surface area contributed by atoms with E-state index in [2.05, 4.69) is 15.3 Å². The Bertz CT molecular complexity index is 1150. The number of carbonyl (C=O) groups excluding carboxylic acids is 1. The van der Waals surface area contributed by atoms with Gasteiger partial charge in [0.15, 0.2) is 0 Å². The molecule has 1 aromatic carbocycles. The molecule has 0 radical (unpaired) electrons. The molecule has 0 fully saturated rings. The van der Waals surface area contributed by atoms with Crippen molar-refractivity contribution in [3.63, 3.8) is 0 Å². The highest BCUT2D eigenvalue weighted by Crippen LogP contribution is 2.36. The summed E-state index contributed by atoms with van der Waals surface area (Å²) in [6.45, 7) is 0. The molecule has 0 saturated carbocycles. The highest BCUT2D eigenvalue weighted by atomic mass is 127. The summed E-state index contributed by atoms with van der Waals surface area (Å²) in [4.78, 5) is 29.9. The van der Waals surface area contributed by atoms with Crippen LogP contribution in [-0.2, 0) is 6.18 Å². The van der Waals surface area contributed by atoms with Crippen LogP contribution < -0.4 is 14.0 Å². The lowest BCUT2D eigenvalue weighted by Gasteiger charge is -2.19. The van der Waals surface area contributed by atoms with Crippen LogP contribution in [0.25, 0.3) is 11.1 Å². The molecule has 2 heterocycles. The second-order valence-electron chi connectivity index (χ2n) is 6.14. The lowest BCUT2D eigenvalue weighted by Crippen LogP contribution is -2.23. The maximum atomic E-state index is 14.6. The first-order valence-electron chi connectivity index (χ1n) is 8.32. The smallest absolute Gasteiger partial charge is 0.328 e. The van der Waals surface area contributed by atoms with Gasteiger partial charge in [0.25, 0.3) is 5.91 Å². The number of halogens is 5. The molecule has 6 nitrogen and oxygen atoms in total. The number of nitrogens with zero attached hydrogens (tertiary/aromatic N) is 2. The van der Waals surface area contributed by atoms with Gasteiger partial charge in [-0.25, -0.2) is 4.39 Å². The van der Waals surface area contributed by atoms with Crippen molar-refractivity contribution in [2.75, 3.05) is 15.5 Å². The first kappa shape index (κ1) is 21.7. The van der Waals surface area contributed by atoms with Crippen molar-refractivity contribution in [3.05, 3.63) is 76.2 Å². The summed E-state index contributed by atoms with van der Waals surface area (Å²) in [6.07, 6.45) is -1.29. The molecule has 3 aromatic rings. The Morgan fingerprint density at radius 1 is 1.20 bits per heavy atom. The van der Waals surface area contributed by atoms with Gasteiger partial charge >= 0.3 is 6.18 Å². The van der Waals surface area contributed by atoms with E-state index in [1.165, 1.54) is 21.6 Å². The van der Waals surface area contributed by atoms with E-state index in [0.717, 1.165) is 6.07 Å². The third-order valence-electron chi connectivity index (χ3n) is 4.13. The summed E-state index contributed by atoms with van der Waals surface area (Å²) >= 11 is 1.84. The Balaban J connectivity index is 2.08. The molecule has 0 aliphatic rings. The van der Waals surface area contributed by atoms with Gasteiger partial charge in [-0.1, -0.05) is 0 Å². The summed E-state index contributed by atoms with van der Waals surface area (Å²) in [7, 11) is 1.58. The third-order valence-corrected chi connectivity index (χ3v) is 4.65. The maximum absolute atomic E-state index is 14.6. The van der Waals surface area contributed by atoms with Crippen molar-refractivity contribution in [2.24, 2.45) is 0 Å². The maximum Gasteiger partial charge on any atom is 0.417 e. The Morgan fingerprint density at radius 2 is 1.87 bits per heavy atom. The number of rotatable bonds is 4. The number of hydrogen-bond acceptors (Lipinski definition) is 4. The van der Waals surface area contributed by atoms with Gasteiger partial charge in [-0.2, -0.15) is 13.2 Å². The van der Waals surface area contributed by atoms with E-state index >= 15 is 0 Å². The number of benzene rings is 1. The molecule has 2 aromatic heterocycles. The van der Waals surface area contributed by atoms with E-state index < -0.39 is 34.6 Å². The minimum atomic E-state index is -4.91. The van der Waals surface area contributed by atoms with E-state index in [1.807, 2.05) is 22.9 Å². The average Bonchev–Trinajstić information content (AvgIpc) is 2.68. The van der Waals surface area contributed by atoms with Crippen LogP contribution in [0.4, 0.5) is 28.9 Å². The number of hydrogen-bond donors (Lipinski definition) is 2. The van der Waals surface area contributed by atoms with Crippen LogP contribution in [0.2, 0.25) is 0 Å². The number of amides is 1. The Labute approximate surface area is 181 Å². The topological polar surface area (TPSA) is 78.1 Å². The number of H-pyrrole nitrogens is 1. The predicted molar refractivity (Wildman–Crippen MR) is 112 cm³/mol. The second kappa shape index (κ2) is 8.42. The first-order valence-corrected chi connectivity index (χ1v) is 9.29. The number of alkyl halides is 3. The fourth-order valence-corrected chi connectivity index (χ4v) is 3.15. The summed E-state index contributed by atoms with van der Waals surface area (Å²) < 4.78 is 56.0. The highest BCUT2D eigenvalue weighted by molar-refractivity contribution is 14.1. The molecule has 0 spiro atoms. The van der Waals surface area contributed by atoms with Gasteiger partial charge in [-0.05, 0) is 23.8 Å². The van der Waals surface area contributed by atoms with Crippen LogP contribution in [-0.4, -0.2) is 22.9 Å². The Hall–Kier alpha value is -2.96. The second-order valence-corrected chi connectivity index (χ2v) is 7.59. The van der Waals surface area contributed by atoms with Crippen LogP contribution in [0.1, 0.15) is 15.9 Å². The van der Waals surface area contributed by atoms with Gasteiger partial charge in [-0.15, -0.1) is 0 Å². The van der Waals surface area contributed by atoms with Crippen LogP contribution in [0.15, 0.2) is 53.7 Å². The molecule has 30 heavy (non-hydrogen) atoms.